The minimum Gasteiger partial charge on any atom is -0.467 e. The molecule has 1 amide bonds. The third-order valence-corrected chi connectivity index (χ3v) is 4.76. The lowest BCUT2D eigenvalue weighted by atomic mass is 9.93. The van der Waals surface area contributed by atoms with Crippen LogP contribution in [-0.2, 0) is 27.3 Å². The number of fused-ring (bicyclic) bond motifs is 1. The van der Waals surface area contributed by atoms with Gasteiger partial charge in [0.15, 0.2) is 0 Å². The van der Waals surface area contributed by atoms with E-state index in [1.54, 1.807) is 4.90 Å². The van der Waals surface area contributed by atoms with Gasteiger partial charge >= 0.3 is 5.97 Å². The molecule has 0 saturated heterocycles. The third kappa shape index (κ3) is 2.35. The number of hydrogen-bond donors (Lipinski definition) is 0. The summed E-state index contributed by atoms with van der Waals surface area (Å²) in [7, 11) is 1.37. The summed E-state index contributed by atoms with van der Waals surface area (Å²) < 4.78 is 5.87. The number of hydrogen-bond acceptors (Lipinski definition) is 3. The van der Waals surface area contributed by atoms with Gasteiger partial charge in [-0.05, 0) is 30.0 Å². The molecule has 20 heavy (non-hydrogen) atoms. The van der Waals surface area contributed by atoms with Crippen molar-refractivity contribution in [2.45, 2.75) is 31.8 Å². The van der Waals surface area contributed by atoms with Crippen LogP contribution in [0.2, 0.25) is 0 Å². The molecule has 5 heteroatoms. The molecule has 4 nitrogen and oxygen atoms in total. The van der Waals surface area contributed by atoms with E-state index in [1.807, 2.05) is 18.2 Å². The van der Waals surface area contributed by atoms with E-state index < -0.39 is 6.04 Å². The van der Waals surface area contributed by atoms with Crippen LogP contribution in [-0.4, -0.2) is 29.9 Å². The first-order valence-corrected chi connectivity index (χ1v) is 7.55. The third-order valence-electron chi connectivity index (χ3n) is 4.01. The van der Waals surface area contributed by atoms with Crippen molar-refractivity contribution in [1.82, 2.24) is 4.90 Å². The van der Waals surface area contributed by atoms with Gasteiger partial charge in [0.2, 0.25) is 5.91 Å². The molecule has 0 radical (unpaired) electrons. The van der Waals surface area contributed by atoms with Gasteiger partial charge in [-0.25, -0.2) is 4.79 Å². The predicted molar refractivity (Wildman–Crippen MR) is 76.9 cm³/mol. The maximum atomic E-state index is 12.4. The van der Waals surface area contributed by atoms with Gasteiger partial charge < -0.3 is 9.64 Å². The number of carbonyl (C=O) groups is 2. The second-order valence-electron chi connectivity index (χ2n) is 5.36. The van der Waals surface area contributed by atoms with Crippen molar-refractivity contribution < 1.29 is 14.3 Å². The van der Waals surface area contributed by atoms with Crippen molar-refractivity contribution in [2.24, 2.45) is 5.92 Å². The Morgan fingerprint density at radius 3 is 2.75 bits per heavy atom. The Kier molecular flexibility index (Phi) is 3.54. The van der Waals surface area contributed by atoms with Crippen molar-refractivity contribution in [2.75, 3.05) is 7.11 Å². The highest BCUT2D eigenvalue weighted by Crippen LogP contribution is 2.36. The van der Waals surface area contributed by atoms with Crippen molar-refractivity contribution in [1.29, 1.82) is 0 Å². The number of esters is 1. The van der Waals surface area contributed by atoms with Crippen molar-refractivity contribution >= 4 is 27.8 Å². The molecule has 1 atom stereocenters. The summed E-state index contributed by atoms with van der Waals surface area (Å²) in [4.78, 5) is 26.1. The quantitative estimate of drug-likeness (QED) is 0.778. The Hall–Kier alpha value is -1.36. The fraction of sp³-hybridized carbons (Fsp3) is 0.467. The van der Waals surface area contributed by atoms with E-state index in [4.69, 9.17) is 4.74 Å². The normalized spacial score (nSPS) is 21.3. The largest absolute Gasteiger partial charge is 0.467 e. The van der Waals surface area contributed by atoms with Crippen LogP contribution in [0.1, 0.15) is 24.0 Å². The van der Waals surface area contributed by atoms with E-state index in [2.05, 4.69) is 15.9 Å². The van der Waals surface area contributed by atoms with Crippen LogP contribution in [0, 0.1) is 5.92 Å². The Balaban J connectivity index is 1.95. The number of rotatable bonds is 2. The van der Waals surface area contributed by atoms with E-state index in [-0.39, 0.29) is 17.8 Å². The van der Waals surface area contributed by atoms with Crippen LogP contribution < -0.4 is 0 Å². The smallest absolute Gasteiger partial charge is 0.328 e. The first-order valence-electron chi connectivity index (χ1n) is 6.76. The lowest BCUT2D eigenvalue weighted by Crippen LogP contribution is -2.49. The average molecular weight is 338 g/mol. The Morgan fingerprint density at radius 1 is 1.35 bits per heavy atom. The molecule has 3 rings (SSSR count). The average Bonchev–Trinajstić information content (AvgIpc) is 3.29. The summed E-state index contributed by atoms with van der Waals surface area (Å²) >= 11 is 3.52. The number of methoxy groups -OCH3 is 1. The van der Waals surface area contributed by atoms with Gasteiger partial charge in [-0.2, -0.15) is 0 Å². The SMILES string of the molecule is COC(=O)[C@@H]1Cc2c(Br)cccc2CN1C(=O)C1CC1. The highest BCUT2D eigenvalue weighted by Gasteiger charge is 2.41. The standard InChI is InChI=1S/C15H16BrNO3/c1-20-15(19)13-7-11-10(3-2-4-12(11)16)8-17(13)14(18)9-5-6-9/h2-4,9,13H,5-8H2,1H3/t13-/m0/s1. The Morgan fingerprint density at radius 2 is 2.10 bits per heavy atom. The molecule has 1 aliphatic heterocycles. The van der Waals surface area contributed by atoms with E-state index in [0.29, 0.717) is 13.0 Å². The summed E-state index contributed by atoms with van der Waals surface area (Å²) in [6.07, 6.45) is 2.39. The molecule has 0 spiro atoms. The second-order valence-corrected chi connectivity index (χ2v) is 6.22. The van der Waals surface area contributed by atoms with Gasteiger partial charge in [0, 0.05) is 23.4 Å². The van der Waals surface area contributed by atoms with Crippen molar-refractivity contribution in [3.8, 4) is 0 Å². The lowest BCUT2D eigenvalue weighted by molar-refractivity contribution is -0.154. The Bertz CT molecular complexity index is 568. The maximum Gasteiger partial charge on any atom is 0.328 e. The highest BCUT2D eigenvalue weighted by atomic mass is 79.9. The van der Waals surface area contributed by atoms with Crippen molar-refractivity contribution in [3.63, 3.8) is 0 Å². The molecule has 1 heterocycles. The monoisotopic (exact) mass is 337 g/mol. The zero-order chi connectivity index (χ0) is 14.3. The first kappa shape index (κ1) is 13.6. The fourth-order valence-corrected chi connectivity index (χ4v) is 3.29. The van der Waals surface area contributed by atoms with Gasteiger partial charge in [-0.15, -0.1) is 0 Å². The molecule has 0 unspecified atom stereocenters. The number of amides is 1. The number of ether oxygens (including phenoxy) is 1. The van der Waals surface area contributed by atoms with Crippen LogP contribution >= 0.6 is 15.9 Å². The first-order chi connectivity index (χ1) is 9.61. The van der Waals surface area contributed by atoms with Gasteiger partial charge in [0.1, 0.15) is 6.04 Å². The van der Waals surface area contributed by atoms with Crippen LogP contribution in [0.25, 0.3) is 0 Å². The van der Waals surface area contributed by atoms with Gasteiger partial charge in [-0.3, -0.25) is 4.79 Å². The molecule has 0 bridgehead atoms. The molecule has 1 aromatic rings. The van der Waals surface area contributed by atoms with Gasteiger partial charge in [-0.1, -0.05) is 28.1 Å². The number of carbonyl (C=O) groups excluding carboxylic acids is 2. The van der Waals surface area contributed by atoms with E-state index in [9.17, 15) is 9.59 Å². The van der Waals surface area contributed by atoms with E-state index in [1.165, 1.54) is 7.11 Å². The minimum absolute atomic E-state index is 0.0889. The summed E-state index contributed by atoms with van der Waals surface area (Å²) in [6.45, 7) is 0.490. The van der Waals surface area contributed by atoms with E-state index in [0.717, 1.165) is 28.4 Å². The number of nitrogens with zero attached hydrogens (tertiary/aromatic N) is 1. The number of halogens is 1. The molecule has 1 aliphatic carbocycles. The summed E-state index contributed by atoms with van der Waals surface area (Å²) in [5.74, 6) is -0.137. The zero-order valence-corrected chi connectivity index (χ0v) is 12.9. The molecular formula is C15H16BrNO3. The minimum atomic E-state index is -0.501. The van der Waals surface area contributed by atoms with Crippen LogP contribution in [0.3, 0.4) is 0 Å². The molecule has 1 saturated carbocycles. The van der Waals surface area contributed by atoms with Crippen LogP contribution in [0.15, 0.2) is 22.7 Å². The molecule has 0 N–H and O–H groups in total. The molecule has 0 aromatic heterocycles. The molecule has 2 aliphatic rings. The predicted octanol–water partition coefficient (Wildman–Crippen LogP) is 2.29. The summed E-state index contributed by atoms with van der Waals surface area (Å²) in [5, 5.41) is 0. The molecule has 1 aromatic carbocycles. The topological polar surface area (TPSA) is 46.6 Å². The molecule has 106 valence electrons. The summed E-state index contributed by atoms with van der Waals surface area (Å²) in [6, 6.07) is 5.44. The van der Waals surface area contributed by atoms with Crippen LogP contribution in [0.4, 0.5) is 0 Å². The molecular weight excluding hydrogens is 322 g/mol. The molecule has 1 fully saturated rings. The second kappa shape index (κ2) is 5.20. The van der Waals surface area contributed by atoms with E-state index >= 15 is 0 Å². The van der Waals surface area contributed by atoms with Gasteiger partial charge in [0.25, 0.3) is 0 Å². The maximum absolute atomic E-state index is 12.4. The van der Waals surface area contributed by atoms with Crippen molar-refractivity contribution in [3.05, 3.63) is 33.8 Å². The van der Waals surface area contributed by atoms with Crippen LogP contribution in [0.5, 0.6) is 0 Å². The highest BCUT2D eigenvalue weighted by molar-refractivity contribution is 9.10. The van der Waals surface area contributed by atoms with Gasteiger partial charge in [0.05, 0.1) is 7.11 Å². The summed E-state index contributed by atoms with van der Waals surface area (Å²) in [5.41, 5.74) is 2.20. The Labute approximate surface area is 126 Å². The fourth-order valence-electron chi connectivity index (χ4n) is 2.72. The number of benzene rings is 1. The lowest BCUT2D eigenvalue weighted by Gasteiger charge is -2.35. The zero-order valence-electron chi connectivity index (χ0n) is 11.3.